The van der Waals surface area contributed by atoms with Crippen LogP contribution in [-0.2, 0) is 0 Å². The fourth-order valence-electron chi connectivity index (χ4n) is 3.65. The quantitative estimate of drug-likeness (QED) is 0.878. The van der Waals surface area contributed by atoms with Crippen molar-refractivity contribution in [2.45, 2.75) is 51.6 Å². The van der Waals surface area contributed by atoms with Gasteiger partial charge >= 0.3 is 0 Å². The average molecular weight is 316 g/mol. The lowest BCUT2D eigenvalue weighted by Crippen LogP contribution is -2.41. The molecule has 1 aromatic carbocycles. The number of hydrogen-bond acceptors (Lipinski definition) is 3. The zero-order valence-electron chi connectivity index (χ0n) is 14.1. The predicted molar refractivity (Wildman–Crippen MR) is 92.8 cm³/mol. The number of nitrogens with zero attached hydrogens (tertiary/aromatic N) is 1. The van der Waals surface area contributed by atoms with Crippen LogP contribution in [0.4, 0.5) is 5.69 Å². The molecule has 1 saturated heterocycles. The summed E-state index contributed by atoms with van der Waals surface area (Å²) in [6.07, 6.45) is 6.40. The van der Waals surface area contributed by atoms with E-state index < -0.39 is 0 Å². The molecule has 1 aromatic rings. The SMILES string of the molecule is CCC1(CNC(=O)c2ccc(N3CCC(O)CC3)cc2)CCC1. The van der Waals surface area contributed by atoms with Crippen LogP contribution in [0.3, 0.4) is 0 Å². The molecule has 1 saturated carbocycles. The maximum atomic E-state index is 12.3. The van der Waals surface area contributed by atoms with Crippen LogP contribution in [0.25, 0.3) is 0 Å². The number of benzene rings is 1. The summed E-state index contributed by atoms with van der Waals surface area (Å²) in [5.41, 5.74) is 2.22. The molecule has 126 valence electrons. The molecule has 1 amide bonds. The zero-order valence-corrected chi connectivity index (χ0v) is 14.1. The highest BCUT2D eigenvalue weighted by Crippen LogP contribution is 2.43. The van der Waals surface area contributed by atoms with Crippen molar-refractivity contribution in [3.63, 3.8) is 0 Å². The first kappa shape index (κ1) is 16.3. The van der Waals surface area contributed by atoms with Gasteiger partial charge in [0, 0.05) is 30.9 Å². The van der Waals surface area contributed by atoms with E-state index in [1.165, 1.54) is 19.3 Å². The standard InChI is InChI=1S/C19H28N2O2/c1-2-19(10-3-11-19)14-20-18(23)15-4-6-16(7-5-15)21-12-8-17(22)9-13-21/h4-7,17,22H,2-3,8-14H2,1H3,(H,20,23). The van der Waals surface area contributed by atoms with Gasteiger partial charge in [0.05, 0.1) is 6.10 Å². The number of aliphatic hydroxyl groups is 1. The average Bonchev–Trinajstić information content (AvgIpc) is 2.55. The summed E-state index contributed by atoms with van der Waals surface area (Å²) in [6, 6.07) is 7.86. The number of piperidine rings is 1. The Labute approximate surface area is 138 Å². The fraction of sp³-hybridized carbons (Fsp3) is 0.632. The Bertz CT molecular complexity index is 523. The summed E-state index contributed by atoms with van der Waals surface area (Å²) in [5, 5.41) is 12.7. The molecule has 1 aliphatic heterocycles. The summed E-state index contributed by atoms with van der Waals surface area (Å²) >= 11 is 0. The number of hydrogen-bond donors (Lipinski definition) is 2. The van der Waals surface area contributed by atoms with Crippen molar-refractivity contribution < 1.29 is 9.90 Å². The topological polar surface area (TPSA) is 52.6 Å². The van der Waals surface area contributed by atoms with Gasteiger partial charge in [0.2, 0.25) is 0 Å². The molecule has 4 heteroatoms. The zero-order chi connectivity index (χ0) is 16.3. The lowest BCUT2D eigenvalue weighted by atomic mass is 9.67. The lowest BCUT2D eigenvalue weighted by Gasteiger charge is -2.41. The smallest absolute Gasteiger partial charge is 0.251 e. The number of amides is 1. The summed E-state index contributed by atoms with van der Waals surface area (Å²) < 4.78 is 0. The number of nitrogens with one attached hydrogen (secondary N) is 1. The normalized spacial score (nSPS) is 20.9. The number of aliphatic hydroxyl groups excluding tert-OH is 1. The first-order valence-corrected chi connectivity index (χ1v) is 8.93. The van der Waals surface area contributed by atoms with Gasteiger partial charge in [0.25, 0.3) is 5.91 Å². The largest absolute Gasteiger partial charge is 0.393 e. The van der Waals surface area contributed by atoms with Gasteiger partial charge in [-0.3, -0.25) is 4.79 Å². The second-order valence-electron chi connectivity index (χ2n) is 7.15. The highest BCUT2D eigenvalue weighted by Gasteiger charge is 2.35. The molecular formula is C19H28N2O2. The van der Waals surface area contributed by atoms with E-state index in [-0.39, 0.29) is 12.0 Å². The highest BCUT2D eigenvalue weighted by atomic mass is 16.3. The maximum Gasteiger partial charge on any atom is 0.251 e. The minimum Gasteiger partial charge on any atom is -0.393 e. The molecule has 3 rings (SSSR count). The molecule has 0 aromatic heterocycles. The van der Waals surface area contributed by atoms with E-state index in [0.717, 1.165) is 50.1 Å². The lowest BCUT2D eigenvalue weighted by molar-refractivity contribution is 0.0850. The summed E-state index contributed by atoms with van der Waals surface area (Å²) in [5.74, 6) is 0.0327. The van der Waals surface area contributed by atoms with Crippen LogP contribution < -0.4 is 10.2 Å². The van der Waals surface area contributed by atoms with Gasteiger partial charge in [-0.25, -0.2) is 0 Å². The Balaban J connectivity index is 1.55. The van der Waals surface area contributed by atoms with Crippen LogP contribution in [0.5, 0.6) is 0 Å². The van der Waals surface area contributed by atoms with E-state index in [0.29, 0.717) is 5.41 Å². The van der Waals surface area contributed by atoms with Crippen molar-refractivity contribution >= 4 is 11.6 Å². The molecule has 23 heavy (non-hydrogen) atoms. The number of rotatable bonds is 5. The molecule has 0 spiro atoms. The Morgan fingerprint density at radius 1 is 1.26 bits per heavy atom. The first-order valence-electron chi connectivity index (χ1n) is 8.93. The van der Waals surface area contributed by atoms with Gasteiger partial charge in [-0.15, -0.1) is 0 Å². The van der Waals surface area contributed by atoms with Crippen molar-refractivity contribution in [1.82, 2.24) is 5.32 Å². The van der Waals surface area contributed by atoms with Gasteiger partial charge in [-0.1, -0.05) is 13.3 Å². The number of carbonyl (C=O) groups is 1. The predicted octanol–water partition coefficient (Wildman–Crippen LogP) is 2.96. The molecule has 0 atom stereocenters. The second-order valence-corrected chi connectivity index (χ2v) is 7.15. The molecule has 2 fully saturated rings. The monoisotopic (exact) mass is 316 g/mol. The minimum absolute atomic E-state index is 0.0327. The van der Waals surface area contributed by atoms with Crippen molar-refractivity contribution in [2.24, 2.45) is 5.41 Å². The van der Waals surface area contributed by atoms with E-state index >= 15 is 0 Å². The third-order valence-electron chi connectivity index (χ3n) is 5.75. The Hall–Kier alpha value is -1.55. The Morgan fingerprint density at radius 2 is 1.91 bits per heavy atom. The van der Waals surface area contributed by atoms with Crippen LogP contribution in [-0.4, -0.2) is 36.8 Å². The maximum absolute atomic E-state index is 12.3. The van der Waals surface area contributed by atoms with E-state index in [2.05, 4.69) is 17.1 Å². The van der Waals surface area contributed by atoms with E-state index in [4.69, 9.17) is 0 Å². The molecule has 1 aliphatic carbocycles. The van der Waals surface area contributed by atoms with Gasteiger partial charge in [0.1, 0.15) is 0 Å². The van der Waals surface area contributed by atoms with Crippen molar-refractivity contribution in [2.75, 3.05) is 24.5 Å². The minimum atomic E-state index is -0.159. The fourth-order valence-corrected chi connectivity index (χ4v) is 3.65. The summed E-state index contributed by atoms with van der Waals surface area (Å²) in [7, 11) is 0. The first-order chi connectivity index (χ1) is 11.1. The second kappa shape index (κ2) is 6.91. The number of carbonyl (C=O) groups excluding carboxylic acids is 1. The third-order valence-corrected chi connectivity index (χ3v) is 5.75. The molecular weight excluding hydrogens is 288 g/mol. The van der Waals surface area contributed by atoms with Gasteiger partial charge in [0.15, 0.2) is 0 Å². The van der Waals surface area contributed by atoms with Gasteiger partial charge in [-0.2, -0.15) is 0 Å². The van der Waals surface area contributed by atoms with Crippen molar-refractivity contribution in [3.8, 4) is 0 Å². The molecule has 0 bridgehead atoms. The summed E-state index contributed by atoms with van der Waals surface area (Å²) in [4.78, 5) is 14.6. The van der Waals surface area contributed by atoms with Crippen LogP contribution in [0.15, 0.2) is 24.3 Å². The van der Waals surface area contributed by atoms with Crippen LogP contribution in [0, 0.1) is 5.41 Å². The number of anilines is 1. The molecule has 0 unspecified atom stereocenters. The summed E-state index contributed by atoms with van der Waals surface area (Å²) in [6.45, 7) is 4.78. The van der Waals surface area contributed by atoms with Crippen LogP contribution in [0.2, 0.25) is 0 Å². The third kappa shape index (κ3) is 3.69. The van der Waals surface area contributed by atoms with Crippen LogP contribution in [0.1, 0.15) is 55.8 Å². The molecule has 1 heterocycles. The van der Waals surface area contributed by atoms with Crippen molar-refractivity contribution in [3.05, 3.63) is 29.8 Å². The Morgan fingerprint density at radius 3 is 2.43 bits per heavy atom. The molecule has 2 aliphatic rings. The van der Waals surface area contributed by atoms with Gasteiger partial charge < -0.3 is 15.3 Å². The molecule has 0 radical (unpaired) electrons. The van der Waals surface area contributed by atoms with Crippen LogP contribution >= 0.6 is 0 Å². The molecule has 2 N–H and O–H groups in total. The Kier molecular flexibility index (Phi) is 4.90. The van der Waals surface area contributed by atoms with Crippen molar-refractivity contribution in [1.29, 1.82) is 0 Å². The van der Waals surface area contributed by atoms with E-state index in [1.807, 2.05) is 24.3 Å². The van der Waals surface area contributed by atoms with E-state index in [1.54, 1.807) is 0 Å². The van der Waals surface area contributed by atoms with E-state index in [9.17, 15) is 9.90 Å². The highest BCUT2D eigenvalue weighted by molar-refractivity contribution is 5.94. The van der Waals surface area contributed by atoms with Gasteiger partial charge in [-0.05, 0) is 61.8 Å². The molecule has 4 nitrogen and oxygen atoms in total.